The highest BCUT2D eigenvalue weighted by Gasteiger charge is 2.06. The maximum absolute atomic E-state index is 10.6. The smallest absolute Gasteiger partial charge is 0.254 e. The summed E-state index contributed by atoms with van der Waals surface area (Å²) in [4.78, 5) is 0. The van der Waals surface area contributed by atoms with Gasteiger partial charge < -0.3 is 0 Å². The lowest BCUT2D eigenvalue weighted by molar-refractivity contribution is 0.597. The topological polar surface area (TPSA) is 46.2 Å². The van der Waals surface area contributed by atoms with Crippen molar-refractivity contribution in [2.75, 3.05) is 0 Å². The van der Waals surface area contributed by atoms with E-state index in [0.717, 1.165) is 5.41 Å². The lowest BCUT2D eigenvalue weighted by Crippen LogP contribution is -2.20. The van der Waals surface area contributed by atoms with E-state index in [0.29, 0.717) is 5.70 Å². The molecule has 1 aliphatic rings. The summed E-state index contributed by atoms with van der Waals surface area (Å²) in [5, 5.41) is 1.12. The van der Waals surface area contributed by atoms with Crippen LogP contribution in [-0.4, -0.2) is 8.42 Å². The zero-order chi connectivity index (χ0) is 6.91. The summed E-state index contributed by atoms with van der Waals surface area (Å²) in [7, 11) is -3.13. The van der Waals surface area contributed by atoms with Gasteiger partial charge >= 0.3 is 0 Å². The Morgan fingerprint density at radius 1 is 1.56 bits per heavy atom. The molecule has 1 rings (SSSR count). The van der Waals surface area contributed by atoms with Crippen molar-refractivity contribution in [1.82, 2.24) is 4.72 Å². The molecule has 0 unspecified atom stereocenters. The van der Waals surface area contributed by atoms with Crippen molar-refractivity contribution >= 4 is 10.0 Å². The van der Waals surface area contributed by atoms with Crippen LogP contribution in [0, 0.1) is 0 Å². The summed E-state index contributed by atoms with van der Waals surface area (Å²) >= 11 is 0. The minimum Gasteiger partial charge on any atom is -0.284 e. The Morgan fingerprint density at radius 3 is 2.56 bits per heavy atom. The Labute approximate surface area is 54.1 Å². The van der Waals surface area contributed by atoms with E-state index in [9.17, 15) is 8.42 Å². The number of allylic oxidation sites excluding steroid dienone is 3. The fourth-order valence-electron chi connectivity index (χ4n) is 0.579. The molecule has 0 aromatic carbocycles. The average molecular weight is 145 g/mol. The first kappa shape index (κ1) is 6.35. The Hall–Kier alpha value is -0.770. The summed E-state index contributed by atoms with van der Waals surface area (Å²) in [6.07, 6.45) is 3.20. The van der Waals surface area contributed by atoms with Crippen LogP contribution in [0.15, 0.2) is 23.3 Å². The third kappa shape index (κ3) is 1.57. The SMILES string of the molecule is CC1=CC=CS(=O)(=O)N1. The molecule has 9 heavy (non-hydrogen) atoms. The van der Waals surface area contributed by atoms with Crippen LogP contribution in [0.1, 0.15) is 6.92 Å². The second-order valence-electron chi connectivity index (χ2n) is 1.83. The van der Waals surface area contributed by atoms with Gasteiger partial charge in [0.15, 0.2) is 0 Å². The van der Waals surface area contributed by atoms with E-state index in [1.54, 1.807) is 13.0 Å². The molecule has 0 amide bonds. The molecule has 1 aliphatic heterocycles. The molecule has 0 saturated heterocycles. The number of sulfonamides is 1. The molecule has 0 aromatic heterocycles. The largest absolute Gasteiger partial charge is 0.284 e. The van der Waals surface area contributed by atoms with Crippen molar-refractivity contribution in [2.45, 2.75) is 6.92 Å². The molecule has 0 fully saturated rings. The average Bonchev–Trinajstić information content (AvgIpc) is 1.60. The minimum absolute atomic E-state index is 0.650. The van der Waals surface area contributed by atoms with Gasteiger partial charge in [0, 0.05) is 5.70 Å². The maximum Gasteiger partial charge on any atom is 0.254 e. The minimum atomic E-state index is -3.13. The quantitative estimate of drug-likeness (QED) is 0.534. The molecular formula is C5H7NO2S. The third-order valence-electron chi connectivity index (χ3n) is 0.907. The molecule has 3 nitrogen and oxygen atoms in total. The highest BCUT2D eigenvalue weighted by atomic mass is 32.2. The zero-order valence-electron chi connectivity index (χ0n) is 4.96. The van der Waals surface area contributed by atoms with Gasteiger partial charge in [0.2, 0.25) is 0 Å². The lowest BCUT2D eigenvalue weighted by Gasteiger charge is -2.05. The third-order valence-corrected chi connectivity index (χ3v) is 2.03. The van der Waals surface area contributed by atoms with E-state index in [4.69, 9.17) is 0 Å². The van der Waals surface area contributed by atoms with Crippen molar-refractivity contribution < 1.29 is 8.42 Å². The molecular weight excluding hydrogens is 138 g/mol. The van der Waals surface area contributed by atoms with Crippen LogP contribution in [0.25, 0.3) is 0 Å². The van der Waals surface area contributed by atoms with Crippen LogP contribution in [0.4, 0.5) is 0 Å². The standard InChI is InChI=1S/C5H7NO2S/c1-5-3-2-4-9(7,8)6-5/h2-4,6H,1H3. The number of rotatable bonds is 0. The molecule has 0 aromatic rings. The van der Waals surface area contributed by atoms with Gasteiger partial charge in [-0.25, -0.2) is 8.42 Å². The van der Waals surface area contributed by atoms with Crippen LogP contribution in [-0.2, 0) is 10.0 Å². The molecule has 0 radical (unpaired) electrons. The van der Waals surface area contributed by atoms with Crippen molar-refractivity contribution in [3.8, 4) is 0 Å². The van der Waals surface area contributed by atoms with E-state index < -0.39 is 10.0 Å². The van der Waals surface area contributed by atoms with Gasteiger partial charge in [0.05, 0.1) is 5.41 Å². The molecule has 0 bridgehead atoms. The second kappa shape index (κ2) is 1.88. The summed E-state index contributed by atoms with van der Waals surface area (Å²) in [5.74, 6) is 0. The Balaban J connectivity index is 2.99. The number of hydrogen-bond acceptors (Lipinski definition) is 2. The van der Waals surface area contributed by atoms with Crippen molar-refractivity contribution in [3.05, 3.63) is 23.3 Å². The van der Waals surface area contributed by atoms with Crippen molar-refractivity contribution in [2.24, 2.45) is 0 Å². The highest BCUT2D eigenvalue weighted by molar-refractivity contribution is 7.92. The van der Waals surface area contributed by atoms with E-state index >= 15 is 0 Å². The molecule has 4 heteroatoms. The molecule has 1 N–H and O–H groups in total. The van der Waals surface area contributed by atoms with Gasteiger partial charge in [-0.15, -0.1) is 0 Å². The van der Waals surface area contributed by atoms with Crippen LogP contribution in [0.2, 0.25) is 0 Å². The van der Waals surface area contributed by atoms with E-state index in [1.165, 1.54) is 6.08 Å². The first-order valence-electron chi connectivity index (χ1n) is 2.48. The summed E-state index contributed by atoms with van der Waals surface area (Å²) in [6.45, 7) is 1.70. The second-order valence-corrected chi connectivity index (χ2v) is 3.39. The summed E-state index contributed by atoms with van der Waals surface area (Å²) in [6, 6.07) is 0. The predicted octanol–water partition coefficient (Wildman–Crippen LogP) is 0.337. The highest BCUT2D eigenvalue weighted by Crippen LogP contribution is 2.00. The van der Waals surface area contributed by atoms with Gasteiger partial charge in [-0.2, -0.15) is 0 Å². The van der Waals surface area contributed by atoms with Gasteiger partial charge in [-0.3, -0.25) is 4.72 Å². The zero-order valence-corrected chi connectivity index (χ0v) is 5.77. The normalized spacial score (nSPS) is 22.6. The predicted molar refractivity (Wildman–Crippen MR) is 35.0 cm³/mol. The Bertz CT molecular complexity index is 261. The van der Waals surface area contributed by atoms with Crippen LogP contribution >= 0.6 is 0 Å². The lowest BCUT2D eigenvalue weighted by atomic mass is 10.4. The van der Waals surface area contributed by atoms with Crippen LogP contribution in [0.5, 0.6) is 0 Å². The molecule has 0 atom stereocenters. The first-order valence-corrected chi connectivity index (χ1v) is 4.02. The maximum atomic E-state index is 10.6. The van der Waals surface area contributed by atoms with Gasteiger partial charge in [0.25, 0.3) is 10.0 Å². The van der Waals surface area contributed by atoms with E-state index in [-0.39, 0.29) is 0 Å². The Kier molecular flexibility index (Phi) is 1.32. The van der Waals surface area contributed by atoms with E-state index in [1.807, 2.05) is 0 Å². The van der Waals surface area contributed by atoms with Crippen molar-refractivity contribution in [3.63, 3.8) is 0 Å². The van der Waals surface area contributed by atoms with E-state index in [2.05, 4.69) is 4.72 Å². The fraction of sp³-hybridized carbons (Fsp3) is 0.200. The fourth-order valence-corrected chi connectivity index (χ4v) is 1.45. The molecule has 0 spiro atoms. The molecule has 50 valence electrons. The van der Waals surface area contributed by atoms with Gasteiger partial charge in [-0.05, 0) is 19.1 Å². The Morgan fingerprint density at radius 2 is 2.22 bits per heavy atom. The summed E-state index contributed by atoms with van der Waals surface area (Å²) in [5.41, 5.74) is 0.650. The van der Waals surface area contributed by atoms with Crippen LogP contribution < -0.4 is 4.72 Å². The number of hydrogen-bond donors (Lipinski definition) is 1. The molecule has 0 aliphatic carbocycles. The molecule has 1 heterocycles. The van der Waals surface area contributed by atoms with Crippen molar-refractivity contribution in [1.29, 1.82) is 0 Å². The number of nitrogens with one attached hydrogen (secondary N) is 1. The monoisotopic (exact) mass is 145 g/mol. The van der Waals surface area contributed by atoms with Crippen LogP contribution in [0.3, 0.4) is 0 Å². The van der Waals surface area contributed by atoms with Gasteiger partial charge in [0.1, 0.15) is 0 Å². The first-order chi connectivity index (χ1) is 4.10. The summed E-state index contributed by atoms with van der Waals surface area (Å²) < 4.78 is 23.5. The van der Waals surface area contributed by atoms with Gasteiger partial charge in [-0.1, -0.05) is 0 Å². The molecule has 0 saturated carbocycles.